The Bertz CT molecular complexity index is 933. The summed E-state index contributed by atoms with van der Waals surface area (Å²) in [5.74, 6) is 0. The highest BCUT2D eigenvalue weighted by atomic mass is 32.2. The highest BCUT2D eigenvalue weighted by molar-refractivity contribution is 7.96. The van der Waals surface area contributed by atoms with E-state index in [1.165, 1.54) is 5.46 Å². The van der Waals surface area contributed by atoms with Crippen LogP contribution in [0.25, 0.3) is 0 Å². The molecule has 0 saturated carbocycles. The first-order chi connectivity index (χ1) is 12.5. The molecule has 0 aliphatic carbocycles. The van der Waals surface area contributed by atoms with Gasteiger partial charge in [0.15, 0.2) is 7.28 Å². The molecule has 26 heavy (non-hydrogen) atoms. The highest BCUT2D eigenvalue weighted by Crippen LogP contribution is 2.31. The van der Waals surface area contributed by atoms with Gasteiger partial charge in [-0.05, 0) is 38.3 Å². The van der Waals surface area contributed by atoms with Crippen LogP contribution in [0.4, 0.5) is 5.69 Å². The summed E-state index contributed by atoms with van der Waals surface area (Å²) < 4.78 is 27.9. The van der Waals surface area contributed by atoms with Crippen molar-refractivity contribution >= 4 is 28.5 Å². The molecule has 2 aromatic carbocycles. The first-order valence-electron chi connectivity index (χ1n) is 9.00. The maximum Gasteiger partial charge on any atom is 0.260 e. The van der Waals surface area contributed by atoms with Crippen molar-refractivity contribution in [2.24, 2.45) is 0 Å². The second kappa shape index (κ2) is 7.96. The maximum atomic E-state index is 13.2. The first-order valence-corrected chi connectivity index (χ1v) is 10.4. The van der Waals surface area contributed by atoms with E-state index in [1.54, 1.807) is 17.3 Å². The third kappa shape index (κ3) is 3.93. The van der Waals surface area contributed by atoms with E-state index in [0.717, 1.165) is 36.8 Å². The molecule has 0 spiro atoms. The van der Waals surface area contributed by atoms with E-state index in [4.69, 9.17) is 0 Å². The summed E-state index contributed by atoms with van der Waals surface area (Å²) in [6.45, 7) is 4.18. The highest BCUT2D eigenvalue weighted by Gasteiger charge is 2.28. The average Bonchev–Trinajstić information content (AvgIpc) is 2.67. The second-order valence-corrected chi connectivity index (χ2v) is 8.63. The minimum atomic E-state index is -3.52. The summed E-state index contributed by atoms with van der Waals surface area (Å²) in [6, 6.07) is 17.9. The molecule has 0 N–H and O–H groups in total. The molecule has 1 aliphatic rings. The molecule has 134 valence electrons. The Kier molecular flexibility index (Phi) is 5.67. The quantitative estimate of drug-likeness (QED) is 0.602. The van der Waals surface area contributed by atoms with Crippen LogP contribution in [-0.2, 0) is 16.4 Å². The summed E-state index contributed by atoms with van der Waals surface area (Å²) >= 11 is 0. The lowest BCUT2D eigenvalue weighted by Crippen LogP contribution is -2.35. The topological polar surface area (TPSA) is 37.4 Å². The summed E-state index contributed by atoms with van der Waals surface area (Å²) in [5.41, 5.74) is 4.09. The van der Waals surface area contributed by atoms with Crippen LogP contribution in [0.5, 0.6) is 0 Å². The number of para-hydroxylation sites is 1. The molecule has 2 aromatic rings. The fourth-order valence-electron chi connectivity index (χ4n) is 3.33. The second-order valence-electron chi connectivity index (χ2n) is 6.59. The Balaban J connectivity index is 1.88. The molecule has 0 unspecified atom stereocenters. The van der Waals surface area contributed by atoms with E-state index in [-0.39, 0.29) is 0 Å². The Morgan fingerprint density at radius 1 is 1.08 bits per heavy atom. The predicted octanol–water partition coefficient (Wildman–Crippen LogP) is 3.34. The molecule has 0 saturated heterocycles. The van der Waals surface area contributed by atoms with Crippen molar-refractivity contribution in [1.29, 1.82) is 0 Å². The van der Waals surface area contributed by atoms with Gasteiger partial charge in [0, 0.05) is 6.54 Å². The van der Waals surface area contributed by atoms with Crippen LogP contribution in [0, 0.1) is 0 Å². The summed E-state index contributed by atoms with van der Waals surface area (Å²) in [5, 5.41) is 0. The van der Waals surface area contributed by atoms with Crippen LogP contribution in [0.3, 0.4) is 0 Å². The van der Waals surface area contributed by atoms with E-state index in [2.05, 4.69) is 12.1 Å². The van der Waals surface area contributed by atoms with E-state index in [9.17, 15) is 8.42 Å². The van der Waals surface area contributed by atoms with Crippen LogP contribution < -0.4 is 9.77 Å². The van der Waals surface area contributed by atoms with Gasteiger partial charge in [0.1, 0.15) is 0 Å². The Labute approximate surface area is 157 Å². The average molecular weight is 365 g/mol. The van der Waals surface area contributed by atoms with E-state index >= 15 is 0 Å². The molecule has 0 amide bonds. The fourth-order valence-corrected chi connectivity index (χ4v) is 4.78. The Morgan fingerprint density at radius 3 is 2.50 bits per heavy atom. The number of allylic oxidation sites excluding steroid dienone is 4. The third-order valence-corrected chi connectivity index (χ3v) is 6.67. The number of rotatable bonds is 5. The molecule has 0 bridgehead atoms. The fraction of sp³-hybridized carbons (Fsp3) is 0.238. The molecule has 3 rings (SSSR count). The minimum absolute atomic E-state index is 0.387. The van der Waals surface area contributed by atoms with E-state index in [1.807, 2.05) is 55.5 Å². The SMILES string of the molecule is C/C=C(Bc1ccccc1)\C=C(/C)S(=O)(=O)N1CCCc2ccccc21. The molecule has 1 heterocycles. The Hall–Kier alpha value is -2.27. The largest absolute Gasteiger partial charge is 0.266 e. The number of aryl methyl sites for hydroxylation is 1. The number of sulfonamides is 1. The smallest absolute Gasteiger partial charge is 0.260 e. The molecule has 0 radical (unpaired) electrons. The van der Waals surface area contributed by atoms with Crippen molar-refractivity contribution in [2.75, 3.05) is 10.8 Å². The minimum Gasteiger partial charge on any atom is -0.266 e. The molecule has 5 heteroatoms. The zero-order valence-corrected chi connectivity index (χ0v) is 16.2. The van der Waals surface area contributed by atoms with Crippen molar-refractivity contribution in [3.05, 3.63) is 82.7 Å². The van der Waals surface area contributed by atoms with Crippen LogP contribution in [-0.4, -0.2) is 22.2 Å². The van der Waals surface area contributed by atoms with Gasteiger partial charge in [0.25, 0.3) is 10.0 Å². The van der Waals surface area contributed by atoms with Crippen molar-refractivity contribution in [2.45, 2.75) is 26.7 Å². The number of nitrogens with zero attached hydrogens (tertiary/aromatic N) is 1. The number of benzene rings is 2. The van der Waals surface area contributed by atoms with Crippen molar-refractivity contribution in [3.8, 4) is 0 Å². The lowest BCUT2D eigenvalue weighted by Gasteiger charge is -2.30. The summed E-state index contributed by atoms with van der Waals surface area (Å²) in [6.07, 6.45) is 5.57. The lowest BCUT2D eigenvalue weighted by molar-refractivity contribution is 0.592. The monoisotopic (exact) mass is 365 g/mol. The summed E-state index contributed by atoms with van der Waals surface area (Å²) in [4.78, 5) is 0.387. The number of fused-ring (bicyclic) bond motifs is 1. The van der Waals surface area contributed by atoms with Gasteiger partial charge in [-0.1, -0.05) is 71.6 Å². The standard InChI is InChI=1S/C21H24BNO2S/c1-3-19(22-20-12-5-4-6-13-20)16-17(2)26(24,25)23-15-9-11-18-10-7-8-14-21(18)23/h3-8,10,12-14,16,22H,9,11,15H2,1-2H3/b17-16+,19-3+. The van der Waals surface area contributed by atoms with Gasteiger partial charge >= 0.3 is 0 Å². The zero-order chi connectivity index (χ0) is 18.6. The third-order valence-electron chi connectivity index (χ3n) is 4.78. The van der Waals surface area contributed by atoms with Crippen molar-refractivity contribution in [1.82, 2.24) is 0 Å². The summed E-state index contributed by atoms with van der Waals surface area (Å²) in [7, 11) is -2.80. The van der Waals surface area contributed by atoms with Crippen LogP contribution >= 0.6 is 0 Å². The van der Waals surface area contributed by atoms with Crippen LogP contribution in [0.15, 0.2) is 77.1 Å². The van der Waals surface area contributed by atoms with Crippen LogP contribution in [0.2, 0.25) is 0 Å². The molecule has 1 aliphatic heterocycles. The molecule has 0 aromatic heterocycles. The van der Waals surface area contributed by atoms with E-state index < -0.39 is 10.0 Å². The van der Waals surface area contributed by atoms with Gasteiger partial charge in [0.05, 0.1) is 10.6 Å². The normalized spacial score (nSPS) is 15.5. The predicted molar refractivity (Wildman–Crippen MR) is 112 cm³/mol. The van der Waals surface area contributed by atoms with Gasteiger partial charge in [-0.25, -0.2) is 8.42 Å². The van der Waals surface area contributed by atoms with Gasteiger partial charge in [-0.3, -0.25) is 4.31 Å². The van der Waals surface area contributed by atoms with Crippen LogP contribution in [0.1, 0.15) is 25.8 Å². The molecule has 3 nitrogen and oxygen atoms in total. The zero-order valence-electron chi connectivity index (χ0n) is 15.4. The lowest BCUT2D eigenvalue weighted by atomic mass is 9.63. The molecular weight excluding hydrogens is 341 g/mol. The van der Waals surface area contributed by atoms with Gasteiger partial charge in [0.2, 0.25) is 0 Å². The van der Waals surface area contributed by atoms with Crippen molar-refractivity contribution in [3.63, 3.8) is 0 Å². The van der Waals surface area contributed by atoms with Gasteiger partial charge in [-0.2, -0.15) is 0 Å². The van der Waals surface area contributed by atoms with E-state index in [0.29, 0.717) is 11.4 Å². The molecular formula is C21H24BNO2S. The first kappa shape index (κ1) is 18.5. The maximum absolute atomic E-state index is 13.2. The number of hydrogen-bond acceptors (Lipinski definition) is 2. The number of anilines is 1. The number of hydrogen-bond donors (Lipinski definition) is 0. The van der Waals surface area contributed by atoms with Crippen molar-refractivity contribution < 1.29 is 8.42 Å². The van der Waals surface area contributed by atoms with Gasteiger partial charge in [-0.15, -0.1) is 0 Å². The Morgan fingerprint density at radius 2 is 1.77 bits per heavy atom. The molecule has 0 fully saturated rings. The molecule has 0 atom stereocenters. The van der Waals surface area contributed by atoms with Gasteiger partial charge < -0.3 is 0 Å².